The second kappa shape index (κ2) is 10.8. The number of carbonyl (C=O) groups excluding carboxylic acids is 1. The molecule has 0 N–H and O–H groups in total. The molecule has 0 radical (unpaired) electrons. The second-order valence-corrected chi connectivity index (χ2v) is 10.2. The van der Waals surface area contributed by atoms with Crippen molar-refractivity contribution in [2.24, 2.45) is 4.99 Å². The normalized spacial score (nSPS) is 12.3. The first kappa shape index (κ1) is 24.7. The number of rotatable bonds is 9. The molecular weight excluding hydrogens is 458 g/mol. The summed E-state index contributed by atoms with van der Waals surface area (Å²) in [5, 5.41) is 0. The van der Waals surface area contributed by atoms with Gasteiger partial charge in [-0.3, -0.25) is 4.79 Å². The number of unbranched alkanes of at least 4 members (excludes halogenated alkanes) is 1. The van der Waals surface area contributed by atoms with Crippen molar-refractivity contribution >= 4 is 37.5 Å². The maximum Gasteiger partial charge on any atom is 0.279 e. The lowest BCUT2D eigenvalue weighted by molar-refractivity contribution is 0.0998. The summed E-state index contributed by atoms with van der Waals surface area (Å²) in [5.74, 6) is 2.82. The van der Waals surface area contributed by atoms with Gasteiger partial charge in [-0.1, -0.05) is 37.5 Å². The molecule has 0 saturated heterocycles. The van der Waals surface area contributed by atoms with Gasteiger partial charge in [0, 0.05) is 18.7 Å². The molecule has 33 heavy (non-hydrogen) atoms. The maximum atomic E-state index is 12.9. The average molecular weight is 486 g/mol. The highest BCUT2D eigenvalue weighted by atomic mass is 32.2. The number of benzene rings is 2. The first-order chi connectivity index (χ1) is 15.8. The molecular formula is C24H27N3O4S2. The van der Waals surface area contributed by atoms with E-state index in [0.717, 1.165) is 23.1 Å². The number of hydrogen-bond donors (Lipinski definition) is 0. The zero-order valence-electron chi connectivity index (χ0n) is 18.9. The number of carbonyl (C=O) groups is 1. The minimum atomic E-state index is -3.61. The topological polar surface area (TPSA) is 81.0 Å². The standard InChI is InChI=1S/C24H27N3O4S2/c1-5-8-16-26(7-3)33(29,30)20-12-9-18(10-13-20)23(28)25-24-27(15-6-2)21-14-11-19(31-4)17-22(21)32-24/h2,9-14,17H,5,7-8,15-16H2,1,3-4H3. The van der Waals surface area contributed by atoms with Gasteiger partial charge in [0.25, 0.3) is 5.91 Å². The lowest BCUT2D eigenvalue weighted by Crippen LogP contribution is -2.31. The van der Waals surface area contributed by atoms with Crippen molar-refractivity contribution in [3.8, 4) is 18.1 Å². The number of methoxy groups -OCH3 is 1. The summed E-state index contributed by atoms with van der Waals surface area (Å²) >= 11 is 1.34. The fraction of sp³-hybridized carbons (Fsp3) is 0.333. The lowest BCUT2D eigenvalue weighted by Gasteiger charge is -2.20. The molecule has 0 saturated carbocycles. The molecule has 1 amide bonds. The van der Waals surface area contributed by atoms with Crippen LogP contribution in [0.4, 0.5) is 0 Å². The molecule has 0 unspecified atom stereocenters. The number of sulfonamides is 1. The van der Waals surface area contributed by atoms with Crippen LogP contribution in [-0.2, 0) is 16.6 Å². The van der Waals surface area contributed by atoms with Crippen molar-refractivity contribution in [1.29, 1.82) is 0 Å². The Balaban J connectivity index is 1.94. The Hall–Kier alpha value is -2.93. The summed E-state index contributed by atoms with van der Waals surface area (Å²) in [4.78, 5) is 17.8. The zero-order valence-corrected chi connectivity index (χ0v) is 20.6. The SMILES string of the molecule is C#CCn1c(=NC(=O)c2ccc(S(=O)(=O)N(CC)CCCC)cc2)sc2cc(OC)ccc21. The maximum absolute atomic E-state index is 12.9. The summed E-state index contributed by atoms with van der Waals surface area (Å²) in [6, 6.07) is 11.5. The van der Waals surface area contributed by atoms with Crippen LogP contribution in [0.1, 0.15) is 37.0 Å². The fourth-order valence-electron chi connectivity index (χ4n) is 3.36. The van der Waals surface area contributed by atoms with E-state index in [9.17, 15) is 13.2 Å². The van der Waals surface area contributed by atoms with Crippen LogP contribution in [0.3, 0.4) is 0 Å². The molecule has 0 aliphatic heterocycles. The van der Waals surface area contributed by atoms with Gasteiger partial charge < -0.3 is 9.30 Å². The Morgan fingerprint density at radius 1 is 1.21 bits per heavy atom. The minimum absolute atomic E-state index is 0.161. The summed E-state index contributed by atoms with van der Waals surface area (Å²) in [6.45, 7) is 4.96. The zero-order chi connectivity index (χ0) is 24.0. The van der Waals surface area contributed by atoms with E-state index in [1.807, 2.05) is 32.0 Å². The molecule has 0 spiro atoms. The van der Waals surface area contributed by atoms with Crippen LogP contribution in [0.25, 0.3) is 10.2 Å². The van der Waals surface area contributed by atoms with Gasteiger partial charge in [0.05, 0.1) is 28.8 Å². The van der Waals surface area contributed by atoms with Crippen molar-refractivity contribution in [2.75, 3.05) is 20.2 Å². The molecule has 2 aromatic carbocycles. The highest BCUT2D eigenvalue weighted by molar-refractivity contribution is 7.89. The van der Waals surface area contributed by atoms with Gasteiger partial charge in [-0.25, -0.2) is 8.42 Å². The van der Waals surface area contributed by atoms with Gasteiger partial charge in [0.2, 0.25) is 10.0 Å². The molecule has 9 heteroatoms. The predicted octanol–water partition coefficient (Wildman–Crippen LogP) is 3.90. The van der Waals surface area contributed by atoms with E-state index < -0.39 is 15.9 Å². The Bertz CT molecular complexity index is 1350. The number of fused-ring (bicyclic) bond motifs is 1. The number of terminal acetylenes is 1. The summed E-state index contributed by atoms with van der Waals surface area (Å²) in [5.41, 5.74) is 1.16. The smallest absolute Gasteiger partial charge is 0.279 e. The van der Waals surface area contributed by atoms with Crippen LogP contribution in [-0.4, -0.2) is 43.4 Å². The van der Waals surface area contributed by atoms with E-state index in [1.165, 1.54) is 39.9 Å². The molecule has 0 aliphatic carbocycles. The molecule has 0 bridgehead atoms. The third-order valence-electron chi connectivity index (χ3n) is 5.19. The molecule has 1 heterocycles. The van der Waals surface area contributed by atoms with Gasteiger partial charge in [-0.05, 0) is 48.9 Å². The van der Waals surface area contributed by atoms with Gasteiger partial charge in [0.1, 0.15) is 5.75 Å². The van der Waals surface area contributed by atoms with Crippen LogP contribution < -0.4 is 9.54 Å². The predicted molar refractivity (Wildman–Crippen MR) is 131 cm³/mol. The molecule has 0 atom stereocenters. The van der Waals surface area contributed by atoms with Crippen LogP contribution in [0.15, 0.2) is 52.4 Å². The summed E-state index contributed by atoms with van der Waals surface area (Å²) < 4.78 is 35.2. The molecule has 3 aromatic rings. The summed E-state index contributed by atoms with van der Waals surface area (Å²) in [6.07, 6.45) is 7.22. The quantitative estimate of drug-likeness (QED) is 0.431. The van der Waals surface area contributed by atoms with Crippen molar-refractivity contribution < 1.29 is 17.9 Å². The number of amides is 1. The van der Waals surface area contributed by atoms with Crippen molar-refractivity contribution in [1.82, 2.24) is 8.87 Å². The summed E-state index contributed by atoms with van der Waals surface area (Å²) in [7, 11) is -2.02. The fourth-order valence-corrected chi connectivity index (χ4v) is 5.91. The number of aromatic nitrogens is 1. The van der Waals surface area contributed by atoms with Crippen molar-refractivity contribution in [3.05, 3.63) is 52.8 Å². The monoisotopic (exact) mass is 485 g/mol. The van der Waals surface area contributed by atoms with E-state index in [4.69, 9.17) is 11.2 Å². The van der Waals surface area contributed by atoms with Crippen LogP contribution >= 0.6 is 11.3 Å². The van der Waals surface area contributed by atoms with E-state index in [2.05, 4.69) is 10.9 Å². The largest absolute Gasteiger partial charge is 0.497 e. The van der Waals surface area contributed by atoms with Crippen LogP contribution in [0.5, 0.6) is 5.75 Å². The lowest BCUT2D eigenvalue weighted by atomic mass is 10.2. The Morgan fingerprint density at radius 3 is 2.55 bits per heavy atom. The third-order valence-corrected chi connectivity index (χ3v) is 8.22. The van der Waals surface area contributed by atoms with Crippen molar-refractivity contribution in [3.63, 3.8) is 0 Å². The molecule has 1 aromatic heterocycles. The molecule has 0 fully saturated rings. The average Bonchev–Trinajstić information content (AvgIpc) is 3.15. The van der Waals surface area contributed by atoms with Gasteiger partial charge in [-0.2, -0.15) is 9.30 Å². The molecule has 3 rings (SSSR count). The van der Waals surface area contributed by atoms with E-state index >= 15 is 0 Å². The minimum Gasteiger partial charge on any atom is -0.497 e. The van der Waals surface area contributed by atoms with Crippen LogP contribution in [0.2, 0.25) is 0 Å². The van der Waals surface area contributed by atoms with E-state index in [-0.39, 0.29) is 11.4 Å². The highest BCUT2D eigenvalue weighted by Crippen LogP contribution is 2.23. The highest BCUT2D eigenvalue weighted by Gasteiger charge is 2.22. The third kappa shape index (κ3) is 5.36. The second-order valence-electron chi connectivity index (χ2n) is 7.30. The molecule has 7 nitrogen and oxygen atoms in total. The first-order valence-corrected chi connectivity index (χ1v) is 12.9. The number of thiazole rings is 1. The number of nitrogens with zero attached hydrogens (tertiary/aromatic N) is 3. The molecule has 174 valence electrons. The van der Waals surface area contributed by atoms with E-state index in [0.29, 0.717) is 29.2 Å². The first-order valence-electron chi connectivity index (χ1n) is 10.7. The van der Waals surface area contributed by atoms with Gasteiger partial charge in [0.15, 0.2) is 4.80 Å². The molecule has 0 aliphatic rings. The Kier molecular flexibility index (Phi) is 8.08. The van der Waals surface area contributed by atoms with E-state index in [1.54, 1.807) is 11.7 Å². The van der Waals surface area contributed by atoms with Crippen LogP contribution in [0, 0.1) is 12.3 Å². The Labute approximate surface area is 198 Å². The number of hydrogen-bond acceptors (Lipinski definition) is 5. The number of ether oxygens (including phenoxy) is 1. The van der Waals surface area contributed by atoms with Gasteiger partial charge >= 0.3 is 0 Å². The Morgan fingerprint density at radius 2 is 1.94 bits per heavy atom. The van der Waals surface area contributed by atoms with Crippen molar-refractivity contribution in [2.45, 2.75) is 38.1 Å². The van der Waals surface area contributed by atoms with Gasteiger partial charge in [-0.15, -0.1) is 6.42 Å².